The first-order valence-electron chi connectivity index (χ1n) is 7.81. The smallest absolute Gasteiger partial charge is 0.338 e. The van der Waals surface area contributed by atoms with Gasteiger partial charge in [0.15, 0.2) is 5.60 Å². The molecule has 1 fully saturated rings. The van der Waals surface area contributed by atoms with Crippen molar-refractivity contribution in [2.24, 2.45) is 5.92 Å². The Kier molecular flexibility index (Phi) is 5.74. The Bertz CT molecular complexity index is 541. The van der Waals surface area contributed by atoms with Crippen molar-refractivity contribution >= 4 is 11.9 Å². The molecule has 1 saturated carbocycles. The number of aliphatic hydroxyl groups is 2. The maximum absolute atomic E-state index is 12.3. The van der Waals surface area contributed by atoms with E-state index in [1.807, 2.05) is 0 Å². The van der Waals surface area contributed by atoms with Gasteiger partial charge >= 0.3 is 11.9 Å². The number of aromatic carboxylic acids is 1. The number of aliphatic hydroxyl groups excluding tert-OH is 2. The fraction of sp³-hybridized carbons (Fsp3) is 0.529. The van der Waals surface area contributed by atoms with Gasteiger partial charge < -0.3 is 20.1 Å². The largest absolute Gasteiger partial charge is 0.478 e. The molecule has 1 aromatic rings. The predicted molar refractivity (Wildman–Crippen MR) is 82.3 cm³/mol. The standard InChI is InChI=1S/C17H22O6/c18-10-17(11-19,14-4-2-1-3-5-14)23-16(22)13-8-6-12(7-9-13)15(20)21/h6-9,14,18-19H,1-5,10-11H2,(H,20,21). The van der Waals surface area contributed by atoms with E-state index in [0.29, 0.717) is 0 Å². The molecule has 126 valence electrons. The molecule has 0 heterocycles. The van der Waals surface area contributed by atoms with E-state index in [4.69, 9.17) is 9.84 Å². The van der Waals surface area contributed by atoms with Crippen molar-refractivity contribution in [3.8, 4) is 0 Å². The Hall–Kier alpha value is -1.92. The van der Waals surface area contributed by atoms with E-state index in [-0.39, 0.29) is 17.0 Å². The van der Waals surface area contributed by atoms with Gasteiger partial charge in [-0.25, -0.2) is 9.59 Å². The van der Waals surface area contributed by atoms with Gasteiger partial charge in [0.2, 0.25) is 0 Å². The summed E-state index contributed by atoms with van der Waals surface area (Å²) in [5.74, 6) is -1.82. The van der Waals surface area contributed by atoms with Gasteiger partial charge in [0, 0.05) is 5.92 Å². The molecule has 3 N–H and O–H groups in total. The third kappa shape index (κ3) is 3.89. The highest BCUT2D eigenvalue weighted by Gasteiger charge is 2.42. The second-order valence-electron chi connectivity index (χ2n) is 5.99. The van der Waals surface area contributed by atoms with Gasteiger partial charge in [-0.05, 0) is 37.1 Å². The van der Waals surface area contributed by atoms with Crippen LogP contribution in [-0.2, 0) is 4.74 Å². The van der Waals surface area contributed by atoms with Crippen LogP contribution in [0.1, 0.15) is 52.8 Å². The topological polar surface area (TPSA) is 104 Å². The van der Waals surface area contributed by atoms with E-state index in [2.05, 4.69) is 0 Å². The van der Waals surface area contributed by atoms with Crippen molar-refractivity contribution in [2.75, 3.05) is 13.2 Å². The van der Waals surface area contributed by atoms with E-state index >= 15 is 0 Å². The summed E-state index contributed by atoms with van der Waals surface area (Å²) in [6.45, 7) is -0.875. The van der Waals surface area contributed by atoms with Crippen LogP contribution in [0.15, 0.2) is 24.3 Å². The Labute approximate surface area is 134 Å². The molecular weight excluding hydrogens is 300 g/mol. The number of benzene rings is 1. The second kappa shape index (κ2) is 7.57. The number of rotatable bonds is 6. The van der Waals surface area contributed by atoms with E-state index in [9.17, 15) is 19.8 Å². The zero-order valence-electron chi connectivity index (χ0n) is 12.9. The molecule has 0 unspecified atom stereocenters. The van der Waals surface area contributed by atoms with E-state index < -0.39 is 30.8 Å². The Morgan fingerprint density at radius 3 is 2.00 bits per heavy atom. The lowest BCUT2D eigenvalue weighted by molar-refractivity contribution is -0.115. The Balaban J connectivity index is 2.15. The lowest BCUT2D eigenvalue weighted by Crippen LogP contribution is -2.50. The highest BCUT2D eigenvalue weighted by molar-refractivity contribution is 5.92. The monoisotopic (exact) mass is 322 g/mol. The average molecular weight is 322 g/mol. The number of ether oxygens (including phenoxy) is 1. The minimum Gasteiger partial charge on any atom is -0.478 e. The average Bonchev–Trinajstić information content (AvgIpc) is 2.60. The minimum absolute atomic E-state index is 0.0735. The summed E-state index contributed by atoms with van der Waals surface area (Å²) in [5.41, 5.74) is -1.02. The third-order valence-corrected chi connectivity index (χ3v) is 4.55. The molecule has 1 aliphatic rings. The summed E-state index contributed by atoms with van der Waals surface area (Å²) in [6, 6.07) is 5.37. The molecule has 1 aliphatic carbocycles. The molecule has 0 saturated heterocycles. The summed E-state index contributed by atoms with van der Waals surface area (Å²) >= 11 is 0. The van der Waals surface area contributed by atoms with Crippen LogP contribution in [0.3, 0.4) is 0 Å². The fourth-order valence-corrected chi connectivity index (χ4v) is 3.08. The maximum atomic E-state index is 12.3. The molecule has 6 nitrogen and oxygen atoms in total. The van der Waals surface area contributed by atoms with E-state index in [0.717, 1.165) is 32.1 Å². The van der Waals surface area contributed by atoms with Crippen molar-refractivity contribution in [3.05, 3.63) is 35.4 Å². The van der Waals surface area contributed by atoms with Crippen LogP contribution in [0, 0.1) is 5.92 Å². The minimum atomic E-state index is -1.29. The van der Waals surface area contributed by atoms with Crippen LogP contribution in [0.5, 0.6) is 0 Å². The zero-order valence-corrected chi connectivity index (χ0v) is 12.9. The van der Waals surface area contributed by atoms with Crippen LogP contribution < -0.4 is 0 Å². The fourth-order valence-electron chi connectivity index (χ4n) is 3.08. The molecular formula is C17H22O6. The zero-order chi connectivity index (χ0) is 16.9. The van der Waals surface area contributed by atoms with Gasteiger partial charge in [0.05, 0.1) is 24.3 Å². The maximum Gasteiger partial charge on any atom is 0.338 e. The molecule has 1 aromatic carbocycles. The van der Waals surface area contributed by atoms with Crippen LogP contribution in [0.25, 0.3) is 0 Å². The van der Waals surface area contributed by atoms with Crippen molar-refractivity contribution < 1.29 is 29.6 Å². The highest BCUT2D eigenvalue weighted by Crippen LogP contribution is 2.35. The van der Waals surface area contributed by atoms with Gasteiger partial charge in [-0.15, -0.1) is 0 Å². The first kappa shape index (κ1) is 17.4. The molecule has 0 amide bonds. The summed E-state index contributed by atoms with van der Waals surface area (Å²) in [5, 5.41) is 28.3. The summed E-state index contributed by atoms with van der Waals surface area (Å²) in [4.78, 5) is 23.1. The van der Waals surface area contributed by atoms with Crippen molar-refractivity contribution in [1.29, 1.82) is 0 Å². The van der Waals surface area contributed by atoms with Crippen molar-refractivity contribution in [2.45, 2.75) is 37.7 Å². The molecule has 0 spiro atoms. The first-order chi connectivity index (χ1) is 11.0. The SMILES string of the molecule is O=C(O)c1ccc(C(=O)OC(CO)(CO)C2CCCCC2)cc1. The summed E-state index contributed by atoms with van der Waals surface area (Å²) in [6.07, 6.45) is 4.67. The lowest BCUT2D eigenvalue weighted by Gasteiger charge is -2.39. The van der Waals surface area contributed by atoms with Crippen molar-refractivity contribution in [1.82, 2.24) is 0 Å². The van der Waals surface area contributed by atoms with Crippen molar-refractivity contribution in [3.63, 3.8) is 0 Å². The van der Waals surface area contributed by atoms with Crippen LogP contribution in [0.4, 0.5) is 0 Å². The lowest BCUT2D eigenvalue weighted by atomic mass is 9.77. The number of carboxylic acid groups (broad SMARTS) is 1. The van der Waals surface area contributed by atoms with Gasteiger partial charge in [-0.1, -0.05) is 19.3 Å². The number of carbonyl (C=O) groups is 2. The van der Waals surface area contributed by atoms with Crippen LogP contribution in [-0.4, -0.2) is 46.1 Å². The molecule has 0 aromatic heterocycles. The second-order valence-corrected chi connectivity index (χ2v) is 5.99. The molecule has 0 aliphatic heterocycles. The Morgan fingerprint density at radius 2 is 1.52 bits per heavy atom. The number of carboxylic acids is 1. The van der Waals surface area contributed by atoms with Gasteiger partial charge in [0.1, 0.15) is 0 Å². The molecule has 6 heteroatoms. The molecule has 0 radical (unpaired) electrons. The first-order valence-corrected chi connectivity index (χ1v) is 7.81. The third-order valence-electron chi connectivity index (χ3n) is 4.55. The summed E-state index contributed by atoms with van der Waals surface area (Å²) < 4.78 is 5.48. The molecule has 0 atom stereocenters. The quantitative estimate of drug-likeness (QED) is 0.690. The number of carbonyl (C=O) groups excluding carboxylic acids is 1. The predicted octanol–water partition coefficient (Wildman–Crippen LogP) is 1.85. The van der Waals surface area contributed by atoms with Crippen LogP contribution in [0.2, 0.25) is 0 Å². The summed E-state index contributed by atoms with van der Waals surface area (Å²) in [7, 11) is 0. The number of hydrogen-bond acceptors (Lipinski definition) is 5. The van der Waals surface area contributed by atoms with Gasteiger partial charge in [-0.3, -0.25) is 0 Å². The normalized spacial score (nSPS) is 16.1. The van der Waals surface area contributed by atoms with E-state index in [1.165, 1.54) is 24.3 Å². The van der Waals surface area contributed by atoms with E-state index in [1.54, 1.807) is 0 Å². The highest BCUT2D eigenvalue weighted by atomic mass is 16.6. The van der Waals surface area contributed by atoms with Gasteiger partial charge in [0.25, 0.3) is 0 Å². The molecule has 23 heavy (non-hydrogen) atoms. The number of hydrogen-bond donors (Lipinski definition) is 3. The molecule has 0 bridgehead atoms. The molecule has 2 rings (SSSR count). The Morgan fingerprint density at radius 1 is 1.00 bits per heavy atom. The van der Waals surface area contributed by atoms with Crippen LogP contribution >= 0.6 is 0 Å². The van der Waals surface area contributed by atoms with Gasteiger partial charge in [-0.2, -0.15) is 0 Å². The number of esters is 1.